The van der Waals surface area contributed by atoms with Gasteiger partial charge in [-0.1, -0.05) is 0 Å². The van der Waals surface area contributed by atoms with E-state index in [4.69, 9.17) is 10.5 Å². The maximum absolute atomic E-state index is 12.5. The molecule has 2 rings (SSSR count). The Bertz CT molecular complexity index is 434. The average Bonchev–Trinajstić information content (AvgIpc) is 2.47. The van der Waals surface area contributed by atoms with E-state index in [1.165, 1.54) is 0 Å². The first-order chi connectivity index (χ1) is 9.26. The van der Waals surface area contributed by atoms with Crippen molar-refractivity contribution < 1.29 is 9.53 Å². The number of ether oxygens (including phenoxy) is 1. The van der Waals surface area contributed by atoms with Crippen molar-refractivity contribution in [1.29, 1.82) is 0 Å². The highest BCUT2D eigenvalue weighted by Gasteiger charge is 2.25. The van der Waals surface area contributed by atoms with Gasteiger partial charge in [0.25, 0.3) is 5.91 Å². The molecule has 1 atom stereocenters. The van der Waals surface area contributed by atoms with Crippen molar-refractivity contribution in [3.63, 3.8) is 0 Å². The molecule has 1 fully saturated rings. The smallest absolute Gasteiger partial charge is 0.257 e. The summed E-state index contributed by atoms with van der Waals surface area (Å²) in [5.41, 5.74) is 6.19. The van der Waals surface area contributed by atoms with Gasteiger partial charge in [-0.15, -0.1) is 0 Å². The van der Waals surface area contributed by atoms with Crippen LogP contribution in [-0.2, 0) is 0 Å². The third kappa shape index (κ3) is 3.23. The summed E-state index contributed by atoms with van der Waals surface area (Å²) in [6.45, 7) is 2.29. The fourth-order valence-corrected chi connectivity index (χ4v) is 2.61. The molecular weight excluding hydrogens is 242 g/mol. The summed E-state index contributed by atoms with van der Waals surface area (Å²) in [6.07, 6.45) is 6.39. The van der Waals surface area contributed by atoms with Crippen LogP contribution >= 0.6 is 0 Å². The first-order valence-electron chi connectivity index (χ1n) is 6.73. The molecule has 5 nitrogen and oxygen atoms in total. The normalized spacial score (nSPS) is 19.3. The molecule has 2 N–H and O–H groups in total. The predicted octanol–water partition coefficient (Wildman–Crippen LogP) is 1.29. The molecule has 5 heteroatoms. The molecule has 0 saturated carbocycles. The largest absolute Gasteiger partial charge is 0.494 e. The number of hydrogen-bond donors (Lipinski definition) is 1. The van der Waals surface area contributed by atoms with Crippen LogP contribution in [0.25, 0.3) is 0 Å². The molecule has 104 valence electrons. The Morgan fingerprint density at radius 3 is 3.21 bits per heavy atom. The van der Waals surface area contributed by atoms with Crippen molar-refractivity contribution in [1.82, 2.24) is 9.88 Å². The number of amides is 1. The van der Waals surface area contributed by atoms with Crippen LogP contribution in [0.2, 0.25) is 0 Å². The van der Waals surface area contributed by atoms with Crippen LogP contribution in [0.3, 0.4) is 0 Å². The van der Waals surface area contributed by atoms with Gasteiger partial charge < -0.3 is 15.4 Å². The molecule has 1 aromatic rings. The van der Waals surface area contributed by atoms with Crippen molar-refractivity contribution in [3.05, 3.63) is 24.0 Å². The van der Waals surface area contributed by atoms with E-state index >= 15 is 0 Å². The van der Waals surface area contributed by atoms with Crippen molar-refractivity contribution in [2.75, 3.05) is 26.7 Å². The third-order valence-corrected chi connectivity index (χ3v) is 3.62. The van der Waals surface area contributed by atoms with Gasteiger partial charge in [0.15, 0.2) is 0 Å². The first kappa shape index (κ1) is 13.8. The molecule has 0 bridgehead atoms. The van der Waals surface area contributed by atoms with Crippen LogP contribution in [0, 0.1) is 5.92 Å². The summed E-state index contributed by atoms with van der Waals surface area (Å²) >= 11 is 0. The lowest BCUT2D eigenvalue weighted by Gasteiger charge is -2.33. The highest BCUT2D eigenvalue weighted by Crippen LogP contribution is 2.23. The molecule has 1 amide bonds. The Morgan fingerprint density at radius 1 is 1.63 bits per heavy atom. The minimum atomic E-state index is 0.0287. The Hall–Kier alpha value is -1.62. The first-order valence-corrected chi connectivity index (χ1v) is 6.73. The third-order valence-electron chi connectivity index (χ3n) is 3.62. The topological polar surface area (TPSA) is 68.5 Å². The molecule has 19 heavy (non-hydrogen) atoms. The molecule has 0 radical (unpaired) electrons. The number of carbonyl (C=O) groups is 1. The molecule has 1 aliphatic rings. The lowest BCUT2D eigenvalue weighted by molar-refractivity contribution is 0.0666. The van der Waals surface area contributed by atoms with E-state index in [1.54, 1.807) is 25.6 Å². The molecule has 0 aliphatic carbocycles. The molecule has 0 aromatic carbocycles. The Balaban J connectivity index is 2.10. The number of pyridine rings is 1. The quantitative estimate of drug-likeness (QED) is 0.888. The van der Waals surface area contributed by atoms with Gasteiger partial charge in [-0.25, -0.2) is 0 Å². The highest BCUT2D eigenvalue weighted by molar-refractivity contribution is 5.96. The van der Waals surface area contributed by atoms with Gasteiger partial charge in [-0.05, 0) is 37.8 Å². The Morgan fingerprint density at radius 2 is 2.47 bits per heavy atom. The van der Waals surface area contributed by atoms with Gasteiger partial charge in [-0.2, -0.15) is 0 Å². The van der Waals surface area contributed by atoms with E-state index in [9.17, 15) is 4.79 Å². The maximum Gasteiger partial charge on any atom is 0.257 e. The molecule has 1 unspecified atom stereocenters. The summed E-state index contributed by atoms with van der Waals surface area (Å²) in [6, 6.07) is 1.72. The van der Waals surface area contributed by atoms with Crippen LogP contribution in [0.15, 0.2) is 18.5 Å². The average molecular weight is 263 g/mol. The summed E-state index contributed by atoms with van der Waals surface area (Å²) in [5.74, 6) is 1.09. The van der Waals surface area contributed by atoms with E-state index in [2.05, 4.69) is 4.98 Å². The standard InChI is InChI=1S/C14H21N3O2/c1-19-13-9-16-7-5-12(13)14(18)17-8-2-3-11(10-17)4-6-15/h5,7,9,11H,2-4,6,8,10,15H2,1H3. The van der Waals surface area contributed by atoms with E-state index in [0.29, 0.717) is 23.8 Å². The van der Waals surface area contributed by atoms with E-state index in [-0.39, 0.29) is 5.91 Å². The number of nitrogens with zero attached hydrogens (tertiary/aromatic N) is 2. The minimum Gasteiger partial charge on any atom is -0.494 e. The van der Waals surface area contributed by atoms with Crippen LogP contribution in [0.5, 0.6) is 5.75 Å². The zero-order valence-corrected chi connectivity index (χ0v) is 11.3. The summed E-state index contributed by atoms with van der Waals surface area (Å²) < 4.78 is 5.20. The summed E-state index contributed by atoms with van der Waals surface area (Å²) in [4.78, 5) is 18.4. The highest BCUT2D eigenvalue weighted by atomic mass is 16.5. The van der Waals surface area contributed by atoms with Gasteiger partial charge in [0, 0.05) is 19.3 Å². The number of nitrogens with two attached hydrogens (primary N) is 1. The zero-order chi connectivity index (χ0) is 13.7. The maximum atomic E-state index is 12.5. The van der Waals surface area contributed by atoms with Crippen LogP contribution in [0.4, 0.5) is 0 Å². The van der Waals surface area contributed by atoms with Crippen molar-refractivity contribution in [2.45, 2.75) is 19.3 Å². The summed E-state index contributed by atoms with van der Waals surface area (Å²) in [5, 5.41) is 0. The van der Waals surface area contributed by atoms with Crippen LogP contribution in [0.1, 0.15) is 29.6 Å². The molecular formula is C14H21N3O2. The van der Waals surface area contributed by atoms with Crippen molar-refractivity contribution in [3.8, 4) is 5.75 Å². The number of rotatable bonds is 4. The van der Waals surface area contributed by atoms with Gasteiger partial charge in [0.1, 0.15) is 5.75 Å². The lowest BCUT2D eigenvalue weighted by atomic mass is 9.94. The van der Waals surface area contributed by atoms with E-state index in [0.717, 1.165) is 32.4 Å². The fourth-order valence-electron chi connectivity index (χ4n) is 2.61. The van der Waals surface area contributed by atoms with Crippen molar-refractivity contribution in [2.24, 2.45) is 11.7 Å². The molecule has 1 aliphatic heterocycles. The predicted molar refractivity (Wildman–Crippen MR) is 73.1 cm³/mol. The van der Waals surface area contributed by atoms with Gasteiger partial charge in [0.2, 0.25) is 0 Å². The molecule has 1 aromatic heterocycles. The number of aromatic nitrogens is 1. The second kappa shape index (κ2) is 6.52. The van der Waals surface area contributed by atoms with Crippen LogP contribution < -0.4 is 10.5 Å². The number of likely N-dealkylation sites (tertiary alicyclic amines) is 1. The summed E-state index contributed by atoms with van der Waals surface area (Å²) in [7, 11) is 1.56. The van der Waals surface area contributed by atoms with E-state index in [1.807, 2.05) is 4.90 Å². The lowest BCUT2D eigenvalue weighted by Crippen LogP contribution is -2.40. The van der Waals surface area contributed by atoms with Gasteiger partial charge >= 0.3 is 0 Å². The second-order valence-electron chi connectivity index (χ2n) is 4.91. The number of methoxy groups -OCH3 is 1. The molecule has 0 spiro atoms. The Kier molecular flexibility index (Phi) is 4.74. The number of carbonyl (C=O) groups excluding carboxylic acids is 1. The second-order valence-corrected chi connectivity index (χ2v) is 4.91. The SMILES string of the molecule is COc1cnccc1C(=O)N1CCCC(CCN)C1. The van der Waals surface area contributed by atoms with E-state index < -0.39 is 0 Å². The minimum absolute atomic E-state index is 0.0287. The monoisotopic (exact) mass is 263 g/mol. The fraction of sp³-hybridized carbons (Fsp3) is 0.571. The Labute approximate surface area is 113 Å². The number of piperidine rings is 1. The van der Waals surface area contributed by atoms with Crippen molar-refractivity contribution >= 4 is 5.91 Å². The van der Waals surface area contributed by atoms with Crippen LogP contribution in [-0.4, -0.2) is 42.5 Å². The zero-order valence-electron chi connectivity index (χ0n) is 11.3. The van der Waals surface area contributed by atoms with Gasteiger partial charge in [0.05, 0.1) is 18.9 Å². The number of hydrogen-bond acceptors (Lipinski definition) is 4. The molecule has 2 heterocycles. The molecule has 1 saturated heterocycles. The van der Waals surface area contributed by atoms with Gasteiger partial charge in [-0.3, -0.25) is 9.78 Å².